The standard InChI is InChI=1S/C18H17F3N2O3/c1-26-17(25)14-7-2-3-8-15(14)23-16(24)9-10-22-13-6-4-5-12(11-13)18(19,20)21/h2-8,11,22H,9-10H2,1H3,(H,23,24). The average molecular weight is 366 g/mol. The van der Waals surface area contributed by atoms with Crippen molar-refractivity contribution < 1.29 is 27.5 Å². The molecule has 2 aromatic rings. The summed E-state index contributed by atoms with van der Waals surface area (Å²) in [5.41, 5.74) is 0.0270. The summed E-state index contributed by atoms with van der Waals surface area (Å²) in [5.74, 6) is -0.969. The van der Waals surface area contributed by atoms with Gasteiger partial charge in [0.15, 0.2) is 0 Å². The second-order valence-corrected chi connectivity index (χ2v) is 5.34. The minimum atomic E-state index is -4.42. The molecule has 0 atom stereocenters. The van der Waals surface area contributed by atoms with Crippen LogP contribution in [0.3, 0.4) is 0 Å². The Balaban J connectivity index is 1.92. The maximum absolute atomic E-state index is 12.7. The Bertz CT molecular complexity index is 791. The fraction of sp³-hybridized carbons (Fsp3) is 0.222. The SMILES string of the molecule is COC(=O)c1ccccc1NC(=O)CCNc1cccc(C(F)(F)F)c1. The van der Waals surface area contributed by atoms with Crippen LogP contribution in [0.2, 0.25) is 0 Å². The molecule has 2 rings (SSSR count). The first-order valence-electron chi connectivity index (χ1n) is 7.69. The normalized spacial score (nSPS) is 10.9. The highest BCUT2D eigenvalue weighted by Gasteiger charge is 2.30. The van der Waals surface area contributed by atoms with Crippen LogP contribution in [-0.4, -0.2) is 25.5 Å². The molecule has 2 N–H and O–H groups in total. The van der Waals surface area contributed by atoms with Gasteiger partial charge in [-0.2, -0.15) is 13.2 Å². The Morgan fingerprint density at radius 2 is 1.81 bits per heavy atom. The van der Waals surface area contributed by atoms with Crippen LogP contribution in [0.1, 0.15) is 22.3 Å². The minimum absolute atomic E-state index is 0.00571. The van der Waals surface area contributed by atoms with Crippen molar-refractivity contribution in [3.05, 3.63) is 59.7 Å². The number of alkyl halides is 3. The molecule has 0 fully saturated rings. The van der Waals surface area contributed by atoms with E-state index in [4.69, 9.17) is 0 Å². The third-order valence-electron chi connectivity index (χ3n) is 3.48. The number of rotatable bonds is 6. The number of halogens is 3. The van der Waals surface area contributed by atoms with Gasteiger partial charge in [0.1, 0.15) is 0 Å². The lowest BCUT2D eigenvalue weighted by molar-refractivity contribution is -0.137. The monoisotopic (exact) mass is 366 g/mol. The topological polar surface area (TPSA) is 67.4 Å². The van der Waals surface area contributed by atoms with Crippen molar-refractivity contribution in [2.45, 2.75) is 12.6 Å². The van der Waals surface area contributed by atoms with Gasteiger partial charge < -0.3 is 15.4 Å². The molecule has 2 aromatic carbocycles. The van der Waals surface area contributed by atoms with Crippen LogP contribution in [0.15, 0.2) is 48.5 Å². The second kappa shape index (κ2) is 8.37. The Labute approximate surface area is 148 Å². The van der Waals surface area contributed by atoms with Crippen LogP contribution >= 0.6 is 0 Å². The van der Waals surface area contributed by atoms with Gasteiger partial charge in [0.2, 0.25) is 5.91 Å². The molecule has 0 saturated carbocycles. The van der Waals surface area contributed by atoms with Crippen molar-refractivity contribution in [1.82, 2.24) is 0 Å². The van der Waals surface area contributed by atoms with E-state index < -0.39 is 17.7 Å². The molecule has 8 heteroatoms. The summed E-state index contributed by atoms with van der Waals surface area (Å²) in [4.78, 5) is 23.7. The predicted octanol–water partition coefficient (Wildman–Crippen LogP) is 3.93. The zero-order valence-corrected chi connectivity index (χ0v) is 13.9. The van der Waals surface area contributed by atoms with Gasteiger partial charge in [0.25, 0.3) is 0 Å². The molecule has 0 saturated heterocycles. The van der Waals surface area contributed by atoms with Gasteiger partial charge in [0.05, 0.1) is 23.9 Å². The number of hydrogen-bond donors (Lipinski definition) is 2. The van der Waals surface area contributed by atoms with Gasteiger partial charge in [-0.1, -0.05) is 18.2 Å². The number of para-hydroxylation sites is 1. The third kappa shape index (κ3) is 5.23. The van der Waals surface area contributed by atoms with Crippen molar-refractivity contribution in [2.24, 2.45) is 0 Å². The molecular formula is C18H17F3N2O3. The predicted molar refractivity (Wildman–Crippen MR) is 91.0 cm³/mol. The van der Waals surface area contributed by atoms with Gasteiger partial charge in [0, 0.05) is 18.7 Å². The van der Waals surface area contributed by atoms with E-state index >= 15 is 0 Å². The van der Waals surface area contributed by atoms with Crippen molar-refractivity contribution >= 4 is 23.3 Å². The summed E-state index contributed by atoms with van der Waals surface area (Å²) < 4.78 is 42.6. The van der Waals surface area contributed by atoms with E-state index in [1.807, 2.05) is 0 Å². The molecule has 0 aliphatic heterocycles. The van der Waals surface area contributed by atoms with Crippen molar-refractivity contribution in [2.75, 3.05) is 24.3 Å². The largest absolute Gasteiger partial charge is 0.465 e. The molecule has 0 radical (unpaired) electrons. The summed E-state index contributed by atoms with van der Waals surface area (Å²) in [5, 5.41) is 5.36. The number of carbonyl (C=O) groups excluding carboxylic acids is 2. The molecule has 0 spiro atoms. The number of carbonyl (C=O) groups is 2. The highest BCUT2D eigenvalue weighted by atomic mass is 19.4. The van der Waals surface area contributed by atoms with E-state index in [0.717, 1.165) is 12.1 Å². The first-order valence-corrected chi connectivity index (χ1v) is 7.69. The van der Waals surface area contributed by atoms with Crippen LogP contribution < -0.4 is 10.6 Å². The Kier molecular flexibility index (Phi) is 6.21. The lowest BCUT2D eigenvalue weighted by atomic mass is 10.1. The molecule has 1 amide bonds. The smallest absolute Gasteiger partial charge is 0.416 e. The fourth-order valence-corrected chi connectivity index (χ4v) is 2.22. The molecule has 0 aromatic heterocycles. The second-order valence-electron chi connectivity index (χ2n) is 5.34. The summed E-state index contributed by atoms with van der Waals surface area (Å²) in [6.07, 6.45) is -4.42. The average Bonchev–Trinajstić information content (AvgIpc) is 2.61. The number of benzene rings is 2. The van der Waals surface area contributed by atoms with E-state index in [9.17, 15) is 22.8 Å². The molecule has 0 bridgehead atoms. The molecule has 5 nitrogen and oxygen atoms in total. The van der Waals surface area contributed by atoms with Crippen LogP contribution in [0, 0.1) is 0 Å². The number of hydrogen-bond acceptors (Lipinski definition) is 4. The number of ether oxygens (including phenoxy) is 1. The number of amides is 1. The van der Waals surface area contributed by atoms with Crippen LogP contribution in [-0.2, 0) is 15.7 Å². The summed E-state index contributed by atoms with van der Waals surface area (Å²) in [6, 6.07) is 11.1. The Hall–Kier alpha value is -3.03. The van der Waals surface area contributed by atoms with E-state index in [0.29, 0.717) is 5.69 Å². The number of methoxy groups -OCH3 is 1. The molecule has 26 heavy (non-hydrogen) atoms. The third-order valence-corrected chi connectivity index (χ3v) is 3.48. The van der Waals surface area contributed by atoms with Gasteiger partial charge in [-0.3, -0.25) is 4.79 Å². The van der Waals surface area contributed by atoms with Gasteiger partial charge in [-0.05, 0) is 30.3 Å². The van der Waals surface area contributed by atoms with Crippen molar-refractivity contribution in [3.8, 4) is 0 Å². The van der Waals surface area contributed by atoms with Crippen LogP contribution in [0.4, 0.5) is 24.5 Å². The zero-order chi connectivity index (χ0) is 19.2. The molecule has 0 heterocycles. The van der Waals surface area contributed by atoms with E-state index in [2.05, 4.69) is 15.4 Å². The van der Waals surface area contributed by atoms with Gasteiger partial charge in [-0.15, -0.1) is 0 Å². The van der Waals surface area contributed by atoms with Gasteiger partial charge >= 0.3 is 12.1 Å². The molecule has 138 valence electrons. The maximum atomic E-state index is 12.7. The van der Waals surface area contributed by atoms with E-state index in [-0.39, 0.29) is 30.1 Å². The molecule has 0 aliphatic rings. The number of nitrogens with one attached hydrogen (secondary N) is 2. The quantitative estimate of drug-likeness (QED) is 0.760. The number of esters is 1. The van der Waals surface area contributed by atoms with Crippen molar-refractivity contribution in [1.29, 1.82) is 0 Å². The molecule has 0 aliphatic carbocycles. The Morgan fingerprint density at radius 1 is 1.08 bits per heavy atom. The highest BCUT2D eigenvalue weighted by molar-refractivity contribution is 6.01. The lowest BCUT2D eigenvalue weighted by Gasteiger charge is -2.12. The Morgan fingerprint density at radius 3 is 2.50 bits per heavy atom. The summed E-state index contributed by atoms with van der Waals surface area (Å²) in [6.45, 7) is 0.132. The van der Waals surface area contributed by atoms with Crippen LogP contribution in [0.25, 0.3) is 0 Å². The first kappa shape index (κ1) is 19.3. The van der Waals surface area contributed by atoms with E-state index in [1.165, 1.54) is 25.3 Å². The van der Waals surface area contributed by atoms with Crippen molar-refractivity contribution in [3.63, 3.8) is 0 Å². The van der Waals surface area contributed by atoms with E-state index in [1.54, 1.807) is 18.2 Å². The summed E-state index contributed by atoms with van der Waals surface area (Å²) in [7, 11) is 1.24. The minimum Gasteiger partial charge on any atom is -0.465 e. The maximum Gasteiger partial charge on any atom is 0.416 e. The number of anilines is 2. The zero-order valence-electron chi connectivity index (χ0n) is 13.9. The van der Waals surface area contributed by atoms with Crippen LogP contribution in [0.5, 0.6) is 0 Å². The lowest BCUT2D eigenvalue weighted by Crippen LogP contribution is -2.18. The van der Waals surface area contributed by atoms with Gasteiger partial charge in [-0.25, -0.2) is 4.79 Å². The molecule has 0 unspecified atom stereocenters. The highest BCUT2D eigenvalue weighted by Crippen LogP contribution is 2.30. The molecular weight excluding hydrogens is 349 g/mol. The fourth-order valence-electron chi connectivity index (χ4n) is 2.22. The first-order chi connectivity index (χ1) is 12.3. The summed E-state index contributed by atoms with van der Waals surface area (Å²) >= 11 is 0.